The first-order valence-corrected chi connectivity index (χ1v) is 9.49. The van der Waals surface area contributed by atoms with E-state index < -0.39 is 5.41 Å². The van der Waals surface area contributed by atoms with Gasteiger partial charge in [-0.25, -0.2) is 5.84 Å². The van der Waals surface area contributed by atoms with Crippen molar-refractivity contribution in [1.29, 1.82) is 0 Å². The number of ether oxygens (including phenoxy) is 1. The van der Waals surface area contributed by atoms with E-state index in [1.807, 2.05) is 30.3 Å². The number of carbonyl (C=O) groups excluding carboxylic acids is 1. The predicted octanol–water partition coefficient (Wildman–Crippen LogP) is 1.46. The molecule has 152 valence electrons. The van der Waals surface area contributed by atoms with E-state index in [0.29, 0.717) is 31.9 Å². The SMILES string of the molecule is N/C(=C\N(N)C1COCC2(C1)C(=O)Nc1ccccc12)CNc1cccc(O)c1. The van der Waals surface area contributed by atoms with E-state index in [4.69, 9.17) is 16.3 Å². The Morgan fingerprint density at radius 3 is 3.00 bits per heavy atom. The number of nitrogens with zero attached hydrogens (tertiary/aromatic N) is 1. The number of nitrogens with two attached hydrogens (primary N) is 2. The van der Waals surface area contributed by atoms with Crippen molar-refractivity contribution in [2.75, 3.05) is 30.4 Å². The van der Waals surface area contributed by atoms with Crippen LogP contribution < -0.4 is 22.2 Å². The number of hydrazine groups is 1. The minimum Gasteiger partial charge on any atom is -0.508 e. The van der Waals surface area contributed by atoms with Crippen LogP contribution in [0.5, 0.6) is 5.75 Å². The number of phenolic OH excluding ortho intramolecular Hbond substituents is 1. The highest BCUT2D eigenvalue weighted by Gasteiger charge is 2.50. The van der Waals surface area contributed by atoms with Crippen LogP contribution in [0.3, 0.4) is 0 Å². The molecule has 0 saturated carbocycles. The molecule has 0 aromatic heterocycles. The molecule has 1 spiro atoms. The molecule has 0 bridgehead atoms. The lowest BCUT2D eigenvalue weighted by atomic mass is 9.75. The number of benzene rings is 2. The van der Waals surface area contributed by atoms with Gasteiger partial charge < -0.3 is 31.2 Å². The second-order valence-corrected chi connectivity index (χ2v) is 7.51. The van der Waals surface area contributed by atoms with Gasteiger partial charge >= 0.3 is 0 Å². The standard InChI is InChI=1S/C21H25N5O3/c22-14(10-24-15-4-3-5-17(27)8-15)11-26(23)16-9-21(13-29-12-16)18-6-1-2-7-19(18)25-20(21)28/h1-8,11,16,24,27H,9-10,12-13,22-23H2,(H,25,28)/b14-11-. The van der Waals surface area contributed by atoms with Crippen LogP contribution in [0.25, 0.3) is 0 Å². The maximum atomic E-state index is 12.8. The molecule has 1 fully saturated rings. The number of fused-ring (bicyclic) bond motifs is 2. The summed E-state index contributed by atoms with van der Waals surface area (Å²) in [5.74, 6) is 6.38. The van der Waals surface area contributed by atoms with Gasteiger partial charge in [-0.3, -0.25) is 4.79 Å². The van der Waals surface area contributed by atoms with Gasteiger partial charge in [-0.2, -0.15) is 0 Å². The summed E-state index contributed by atoms with van der Waals surface area (Å²) in [6.45, 7) is 1.11. The van der Waals surface area contributed by atoms with Gasteiger partial charge in [0.05, 0.1) is 25.8 Å². The Labute approximate surface area is 169 Å². The first-order valence-electron chi connectivity index (χ1n) is 9.49. The monoisotopic (exact) mass is 395 g/mol. The van der Waals surface area contributed by atoms with Gasteiger partial charge in [-0.15, -0.1) is 0 Å². The highest BCUT2D eigenvalue weighted by atomic mass is 16.5. The number of nitrogens with one attached hydrogen (secondary N) is 2. The maximum Gasteiger partial charge on any atom is 0.237 e. The Balaban J connectivity index is 1.44. The molecule has 4 rings (SSSR count). The largest absolute Gasteiger partial charge is 0.508 e. The van der Waals surface area contributed by atoms with Gasteiger partial charge in [-0.1, -0.05) is 24.3 Å². The van der Waals surface area contributed by atoms with Crippen LogP contribution in [0.15, 0.2) is 60.4 Å². The van der Waals surface area contributed by atoms with Gasteiger partial charge in [0.25, 0.3) is 0 Å². The zero-order chi connectivity index (χ0) is 20.4. The quantitative estimate of drug-likeness (QED) is 0.383. The second kappa shape index (κ2) is 7.65. The Morgan fingerprint density at radius 1 is 1.34 bits per heavy atom. The molecule has 2 unspecified atom stereocenters. The Morgan fingerprint density at radius 2 is 2.17 bits per heavy atom. The molecule has 2 aromatic carbocycles. The van der Waals surface area contributed by atoms with E-state index in [9.17, 15) is 9.90 Å². The van der Waals surface area contributed by atoms with Crippen molar-refractivity contribution in [3.63, 3.8) is 0 Å². The average molecular weight is 395 g/mol. The van der Waals surface area contributed by atoms with Crippen molar-refractivity contribution in [2.24, 2.45) is 11.6 Å². The third-order valence-electron chi connectivity index (χ3n) is 5.45. The van der Waals surface area contributed by atoms with Gasteiger partial charge in [0.15, 0.2) is 0 Å². The summed E-state index contributed by atoms with van der Waals surface area (Å²) in [5, 5.41) is 17.1. The number of hydrogen-bond donors (Lipinski definition) is 5. The minimum absolute atomic E-state index is 0.0562. The van der Waals surface area contributed by atoms with E-state index in [-0.39, 0.29) is 17.7 Å². The summed E-state index contributed by atoms with van der Waals surface area (Å²) in [6.07, 6.45) is 2.19. The lowest BCUT2D eigenvalue weighted by Gasteiger charge is -2.39. The smallest absolute Gasteiger partial charge is 0.237 e. The molecule has 29 heavy (non-hydrogen) atoms. The lowest BCUT2D eigenvalue weighted by Crippen LogP contribution is -2.53. The third-order valence-corrected chi connectivity index (χ3v) is 5.45. The first-order chi connectivity index (χ1) is 14.0. The van der Waals surface area contributed by atoms with E-state index in [1.165, 1.54) is 5.01 Å². The molecule has 2 aliphatic heterocycles. The zero-order valence-corrected chi connectivity index (χ0v) is 16.0. The number of rotatable bonds is 5. The summed E-state index contributed by atoms with van der Waals surface area (Å²) in [6, 6.07) is 14.3. The molecule has 0 radical (unpaired) electrons. The minimum atomic E-state index is -0.737. The van der Waals surface area contributed by atoms with Crippen LogP contribution >= 0.6 is 0 Å². The maximum absolute atomic E-state index is 12.8. The fraction of sp³-hybridized carbons (Fsp3) is 0.286. The highest BCUT2D eigenvalue weighted by Crippen LogP contribution is 2.43. The van der Waals surface area contributed by atoms with Crippen molar-refractivity contribution < 1.29 is 14.6 Å². The molecule has 0 aliphatic carbocycles. The molecule has 1 amide bonds. The van der Waals surface area contributed by atoms with Crippen LogP contribution in [0.4, 0.5) is 11.4 Å². The van der Waals surface area contributed by atoms with E-state index in [1.54, 1.807) is 24.4 Å². The molecule has 1 saturated heterocycles. The van der Waals surface area contributed by atoms with Crippen molar-refractivity contribution in [3.05, 3.63) is 66.0 Å². The number of carbonyl (C=O) groups is 1. The normalized spacial score (nSPS) is 23.6. The summed E-state index contributed by atoms with van der Waals surface area (Å²) >= 11 is 0. The Bertz CT molecular complexity index is 947. The predicted molar refractivity (Wildman–Crippen MR) is 111 cm³/mol. The molecule has 8 nitrogen and oxygen atoms in total. The number of phenols is 1. The fourth-order valence-corrected chi connectivity index (χ4v) is 3.96. The van der Waals surface area contributed by atoms with E-state index >= 15 is 0 Å². The summed E-state index contributed by atoms with van der Waals surface area (Å²) in [4.78, 5) is 12.8. The average Bonchev–Trinajstić information content (AvgIpc) is 2.98. The second-order valence-electron chi connectivity index (χ2n) is 7.51. The first kappa shape index (κ1) is 19.1. The van der Waals surface area contributed by atoms with Gasteiger partial charge in [0.2, 0.25) is 5.91 Å². The van der Waals surface area contributed by atoms with Gasteiger partial charge in [-0.05, 0) is 30.2 Å². The molecule has 7 N–H and O–H groups in total. The number of para-hydroxylation sites is 1. The van der Waals surface area contributed by atoms with Crippen LogP contribution in [-0.4, -0.2) is 41.8 Å². The van der Waals surface area contributed by atoms with Crippen LogP contribution in [0.2, 0.25) is 0 Å². The van der Waals surface area contributed by atoms with Gasteiger partial charge in [0.1, 0.15) is 11.2 Å². The summed E-state index contributed by atoms with van der Waals surface area (Å²) < 4.78 is 5.80. The fourth-order valence-electron chi connectivity index (χ4n) is 3.96. The molecular formula is C21H25N5O3. The Hall–Kier alpha value is -3.23. The topological polar surface area (TPSA) is 126 Å². The summed E-state index contributed by atoms with van der Waals surface area (Å²) in [5.41, 5.74) is 8.43. The summed E-state index contributed by atoms with van der Waals surface area (Å²) in [7, 11) is 0. The van der Waals surface area contributed by atoms with Crippen molar-refractivity contribution in [3.8, 4) is 5.75 Å². The molecule has 2 atom stereocenters. The third kappa shape index (κ3) is 3.72. The molecule has 2 aromatic rings. The van der Waals surface area contributed by atoms with Gasteiger partial charge in [0, 0.05) is 29.3 Å². The van der Waals surface area contributed by atoms with E-state index in [0.717, 1.165) is 16.9 Å². The Kier molecular flexibility index (Phi) is 5.04. The van der Waals surface area contributed by atoms with E-state index in [2.05, 4.69) is 10.6 Å². The molecular weight excluding hydrogens is 370 g/mol. The number of amides is 1. The van der Waals surface area contributed by atoms with Crippen LogP contribution in [0.1, 0.15) is 12.0 Å². The number of hydrogen-bond acceptors (Lipinski definition) is 7. The lowest BCUT2D eigenvalue weighted by molar-refractivity contribution is -0.127. The molecule has 8 heteroatoms. The zero-order valence-electron chi connectivity index (χ0n) is 16.0. The van der Waals surface area contributed by atoms with Crippen molar-refractivity contribution in [1.82, 2.24) is 5.01 Å². The van der Waals surface area contributed by atoms with Crippen LogP contribution in [-0.2, 0) is 14.9 Å². The molecule has 2 heterocycles. The van der Waals surface area contributed by atoms with Crippen molar-refractivity contribution in [2.45, 2.75) is 17.9 Å². The van der Waals surface area contributed by atoms with Crippen LogP contribution in [0, 0.1) is 0 Å². The highest BCUT2D eigenvalue weighted by molar-refractivity contribution is 6.06. The number of aromatic hydroxyl groups is 1. The van der Waals surface area contributed by atoms with Crippen molar-refractivity contribution >= 4 is 17.3 Å². The molecule has 2 aliphatic rings. The number of anilines is 2.